The van der Waals surface area contributed by atoms with E-state index in [1.165, 1.54) is 10.6 Å². The monoisotopic (exact) mass is 301 g/mol. The van der Waals surface area contributed by atoms with Gasteiger partial charge in [0, 0.05) is 18.9 Å². The number of aryl methyl sites for hydroxylation is 1. The van der Waals surface area contributed by atoms with Crippen molar-refractivity contribution < 1.29 is 9.53 Å². The van der Waals surface area contributed by atoms with Crippen LogP contribution < -0.4 is 5.56 Å². The fourth-order valence-corrected chi connectivity index (χ4v) is 2.67. The lowest BCUT2D eigenvalue weighted by molar-refractivity contribution is -0.0387. The zero-order valence-electron chi connectivity index (χ0n) is 12.9. The molecule has 2 aromatic rings. The molecule has 1 aliphatic heterocycles. The van der Waals surface area contributed by atoms with Crippen LogP contribution in [0, 0.1) is 6.92 Å². The van der Waals surface area contributed by atoms with Gasteiger partial charge in [-0.15, -0.1) is 0 Å². The number of amides is 1. The van der Waals surface area contributed by atoms with E-state index >= 15 is 0 Å². The highest BCUT2D eigenvalue weighted by molar-refractivity contribution is 5.94. The van der Waals surface area contributed by atoms with E-state index < -0.39 is 0 Å². The van der Waals surface area contributed by atoms with E-state index in [0.717, 1.165) is 5.56 Å². The van der Waals surface area contributed by atoms with Gasteiger partial charge in [-0.05, 0) is 32.4 Å². The molecule has 2 aromatic heterocycles. The van der Waals surface area contributed by atoms with E-state index in [2.05, 4.69) is 4.98 Å². The number of aromatic nitrogens is 2. The van der Waals surface area contributed by atoms with Crippen molar-refractivity contribution in [1.29, 1.82) is 0 Å². The first-order valence-electron chi connectivity index (χ1n) is 7.38. The number of nitrogens with zero attached hydrogens (tertiary/aromatic N) is 3. The van der Waals surface area contributed by atoms with E-state index in [1.54, 1.807) is 17.2 Å². The van der Waals surface area contributed by atoms with E-state index in [0.29, 0.717) is 18.8 Å². The third-order valence-electron chi connectivity index (χ3n) is 3.95. The minimum atomic E-state index is -0.329. The van der Waals surface area contributed by atoms with Gasteiger partial charge < -0.3 is 9.64 Å². The van der Waals surface area contributed by atoms with Crippen molar-refractivity contribution in [3.05, 3.63) is 46.0 Å². The number of morpholine rings is 1. The molecule has 0 radical (unpaired) electrons. The predicted octanol–water partition coefficient (Wildman–Crippen LogP) is 1.25. The summed E-state index contributed by atoms with van der Waals surface area (Å²) >= 11 is 0. The molecule has 0 bridgehead atoms. The fraction of sp³-hybridized carbons (Fsp3) is 0.438. The van der Waals surface area contributed by atoms with E-state index in [9.17, 15) is 9.59 Å². The van der Waals surface area contributed by atoms with Gasteiger partial charge in [0.2, 0.25) is 0 Å². The van der Waals surface area contributed by atoms with Crippen molar-refractivity contribution in [2.24, 2.45) is 0 Å². The number of carbonyl (C=O) groups excluding carboxylic acids is 1. The van der Waals surface area contributed by atoms with Crippen molar-refractivity contribution in [1.82, 2.24) is 14.3 Å². The molecule has 6 heteroatoms. The molecule has 2 atom stereocenters. The molecule has 6 nitrogen and oxygen atoms in total. The third-order valence-corrected chi connectivity index (χ3v) is 3.95. The largest absolute Gasteiger partial charge is 0.375 e. The maximum absolute atomic E-state index is 12.7. The van der Waals surface area contributed by atoms with Crippen LogP contribution in [-0.2, 0) is 4.74 Å². The molecule has 3 heterocycles. The Hall–Kier alpha value is -2.21. The lowest BCUT2D eigenvalue weighted by Crippen LogP contribution is -2.51. The average molecular weight is 301 g/mol. The van der Waals surface area contributed by atoms with E-state index in [1.807, 2.05) is 26.8 Å². The Kier molecular flexibility index (Phi) is 3.70. The molecular formula is C16H19N3O3. The average Bonchev–Trinajstić information content (AvgIpc) is 2.50. The Morgan fingerprint density at radius 2 is 2.14 bits per heavy atom. The van der Waals surface area contributed by atoms with E-state index in [4.69, 9.17) is 4.74 Å². The van der Waals surface area contributed by atoms with Crippen molar-refractivity contribution in [2.75, 3.05) is 13.2 Å². The maximum atomic E-state index is 12.7. The van der Waals surface area contributed by atoms with Crippen LogP contribution in [0.5, 0.6) is 0 Å². The number of hydrogen-bond donors (Lipinski definition) is 0. The smallest absolute Gasteiger partial charge is 0.270 e. The molecule has 0 N–H and O–H groups in total. The molecule has 3 rings (SSSR count). The second-order valence-corrected chi connectivity index (χ2v) is 5.86. The Morgan fingerprint density at radius 1 is 1.36 bits per heavy atom. The number of rotatable bonds is 1. The molecule has 116 valence electrons. The lowest BCUT2D eigenvalue weighted by atomic mass is 10.1. The first-order chi connectivity index (χ1) is 10.5. The van der Waals surface area contributed by atoms with Gasteiger partial charge in [0.15, 0.2) is 0 Å². The molecule has 0 saturated carbocycles. The minimum Gasteiger partial charge on any atom is -0.375 e. The SMILES string of the molecule is Cc1ccc2ncc(C(=O)N3C[C@@H](C)OC[C@H]3C)c(=O)n2c1. The summed E-state index contributed by atoms with van der Waals surface area (Å²) in [5.41, 5.74) is 1.25. The summed E-state index contributed by atoms with van der Waals surface area (Å²) in [6.45, 7) is 6.69. The third kappa shape index (κ3) is 2.50. The number of ether oxygens (including phenoxy) is 1. The quantitative estimate of drug-likeness (QED) is 0.795. The molecule has 1 fully saturated rings. The highest BCUT2D eigenvalue weighted by Gasteiger charge is 2.30. The van der Waals surface area contributed by atoms with Crippen molar-refractivity contribution >= 4 is 11.6 Å². The molecule has 0 spiro atoms. The first-order valence-corrected chi connectivity index (χ1v) is 7.38. The number of pyridine rings is 1. The van der Waals surface area contributed by atoms with Crippen molar-refractivity contribution in [3.63, 3.8) is 0 Å². The lowest BCUT2D eigenvalue weighted by Gasteiger charge is -2.36. The van der Waals surface area contributed by atoms with Gasteiger partial charge in [-0.2, -0.15) is 0 Å². The number of carbonyl (C=O) groups is 1. The predicted molar refractivity (Wildman–Crippen MR) is 82.1 cm³/mol. The van der Waals surface area contributed by atoms with Crippen molar-refractivity contribution in [3.8, 4) is 0 Å². The summed E-state index contributed by atoms with van der Waals surface area (Å²) in [4.78, 5) is 31.2. The summed E-state index contributed by atoms with van der Waals surface area (Å²) in [6.07, 6.45) is 3.05. The minimum absolute atomic E-state index is 0.0291. The summed E-state index contributed by atoms with van der Waals surface area (Å²) in [6, 6.07) is 3.60. The zero-order valence-corrected chi connectivity index (χ0v) is 12.9. The van der Waals surface area contributed by atoms with Gasteiger partial charge in [-0.3, -0.25) is 14.0 Å². The van der Waals surface area contributed by atoms with Crippen molar-refractivity contribution in [2.45, 2.75) is 32.9 Å². The Balaban J connectivity index is 2.04. The Morgan fingerprint density at radius 3 is 2.91 bits per heavy atom. The van der Waals surface area contributed by atoms with Crippen LogP contribution in [-0.4, -0.2) is 45.5 Å². The second-order valence-electron chi connectivity index (χ2n) is 5.86. The van der Waals surface area contributed by atoms with Gasteiger partial charge in [0.1, 0.15) is 11.2 Å². The molecule has 22 heavy (non-hydrogen) atoms. The van der Waals surface area contributed by atoms with Gasteiger partial charge in [0.25, 0.3) is 11.5 Å². The van der Waals surface area contributed by atoms with Gasteiger partial charge in [0.05, 0.1) is 18.8 Å². The van der Waals surface area contributed by atoms with Crippen LogP contribution in [0.25, 0.3) is 5.65 Å². The van der Waals surface area contributed by atoms with Crippen LogP contribution in [0.1, 0.15) is 29.8 Å². The first kappa shape index (κ1) is 14.7. The molecule has 0 aliphatic carbocycles. The standard InChI is InChI=1S/C16H19N3O3/c1-10-4-5-14-17-6-13(16(21)19(14)7-10)15(20)18-8-12(3)22-9-11(18)2/h4-7,11-12H,8-9H2,1-3H3/t11-,12-/m1/s1. The topological polar surface area (TPSA) is 63.9 Å². The maximum Gasteiger partial charge on any atom is 0.270 e. The van der Waals surface area contributed by atoms with Crippen LogP contribution in [0.15, 0.2) is 29.3 Å². The fourth-order valence-electron chi connectivity index (χ4n) is 2.67. The normalized spacial score (nSPS) is 22.0. The summed E-state index contributed by atoms with van der Waals surface area (Å²) in [5, 5.41) is 0. The number of fused-ring (bicyclic) bond motifs is 1. The molecule has 1 amide bonds. The molecule has 0 unspecified atom stereocenters. The highest BCUT2D eigenvalue weighted by atomic mass is 16.5. The highest BCUT2D eigenvalue weighted by Crippen LogP contribution is 2.14. The van der Waals surface area contributed by atoms with E-state index in [-0.39, 0.29) is 29.2 Å². The van der Waals surface area contributed by atoms with Gasteiger partial charge in [-0.1, -0.05) is 6.07 Å². The summed E-state index contributed by atoms with van der Waals surface area (Å²) in [7, 11) is 0. The summed E-state index contributed by atoms with van der Waals surface area (Å²) in [5.74, 6) is -0.281. The molecule has 0 aromatic carbocycles. The Labute approximate surface area is 128 Å². The van der Waals surface area contributed by atoms with Crippen LogP contribution in [0.4, 0.5) is 0 Å². The molecular weight excluding hydrogens is 282 g/mol. The van der Waals surface area contributed by atoms with Gasteiger partial charge >= 0.3 is 0 Å². The second kappa shape index (κ2) is 5.53. The summed E-state index contributed by atoms with van der Waals surface area (Å²) < 4.78 is 6.96. The number of hydrogen-bond acceptors (Lipinski definition) is 4. The van der Waals surface area contributed by atoms with Crippen LogP contribution in [0.2, 0.25) is 0 Å². The van der Waals surface area contributed by atoms with Crippen LogP contribution in [0.3, 0.4) is 0 Å². The van der Waals surface area contributed by atoms with Crippen LogP contribution >= 0.6 is 0 Å². The zero-order chi connectivity index (χ0) is 15.9. The Bertz CT molecular complexity index is 784. The molecule has 1 saturated heterocycles. The molecule has 1 aliphatic rings. The van der Waals surface area contributed by atoms with Gasteiger partial charge in [-0.25, -0.2) is 4.98 Å².